The highest BCUT2D eigenvalue weighted by Crippen LogP contribution is 2.30. The highest BCUT2D eigenvalue weighted by molar-refractivity contribution is 5.82. The molecule has 0 aromatic carbocycles. The standard InChI is InChI=1S/C17H29F2N3O2/c1-24-15-9-10-21(12-17(15,18)19)16(23)14-8-11-22(20-14)13-6-4-2-3-5-7-13/h13-15,20H,2-12H2,1H3/t14?,15-/m0/s1. The fourth-order valence-corrected chi connectivity index (χ4v) is 4.25. The number of carbonyl (C=O) groups is 1. The summed E-state index contributed by atoms with van der Waals surface area (Å²) in [5, 5.41) is 2.19. The molecule has 0 aromatic rings. The third-order valence-corrected chi connectivity index (χ3v) is 5.67. The van der Waals surface area contributed by atoms with Gasteiger partial charge in [0.1, 0.15) is 12.1 Å². The third-order valence-electron chi connectivity index (χ3n) is 5.67. The van der Waals surface area contributed by atoms with Crippen molar-refractivity contribution in [2.75, 3.05) is 26.7 Å². The second-order valence-electron chi connectivity index (χ2n) is 7.34. The molecule has 1 amide bonds. The number of hydrogen-bond donors (Lipinski definition) is 1. The maximum absolute atomic E-state index is 14.0. The average Bonchev–Trinajstić information content (AvgIpc) is 2.89. The van der Waals surface area contributed by atoms with Crippen LogP contribution < -0.4 is 5.43 Å². The molecule has 1 aliphatic carbocycles. The van der Waals surface area contributed by atoms with Crippen LogP contribution in [0.4, 0.5) is 8.78 Å². The quantitative estimate of drug-likeness (QED) is 0.797. The Morgan fingerprint density at radius 1 is 1.08 bits per heavy atom. The van der Waals surface area contributed by atoms with Crippen LogP contribution in [0.5, 0.6) is 0 Å². The molecule has 2 saturated heterocycles. The molecule has 3 aliphatic rings. The van der Waals surface area contributed by atoms with Crippen molar-refractivity contribution in [1.82, 2.24) is 15.3 Å². The van der Waals surface area contributed by atoms with Gasteiger partial charge in [0, 0.05) is 26.2 Å². The molecular formula is C17H29F2N3O2. The number of likely N-dealkylation sites (tertiary alicyclic amines) is 1. The van der Waals surface area contributed by atoms with Gasteiger partial charge in [-0.3, -0.25) is 4.79 Å². The lowest BCUT2D eigenvalue weighted by Gasteiger charge is -2.38. The first kappa shape index (κ1) is 18.0. The number of hydrazine groups is 1. The van der Waals surface area contributed by atoms with Gasteiger partial charge in [-0.25, -0.2) is 19.2 Å². The van der Waals surface area contributed by atoms with Crippen molar-refractivity contribution in [2.45, 2.75) is 75.5 Å². The maximum Gasteiger partial charge on any atom is 0.290 e. The van der Waals surface area contributed by atoms with Crippen molar-refractivity contribution < 1.29 is 18.3 Å². The second kappa shape index (κ2) is 7.62. The summed E-state index contributed by atoms with van der Waals surface area (Å²) in [6.07, 6.45) is 7.17. The number of rotatable bonds is 3. The van der Waals surface area contributed by atoms with Crippen LogP contribution in [-0.4, -0.2) is 66.7 Å². The van der Waals surface area contributed by atoms with Crippen LogP contribution in [0.15, 0.2) is 0 Å². The minimum absolute atomic E-state index is 0.189. The Morgan fingerprint density at radius 2 is 1.79 bits per heavy atom. The zero-order valence-corrected chi connectivity index (χ0v) is 14.5. The number of halogens is 2. The molecule has 0 radical (unpaired) electrons. The van der Waals surface area contributed by atoms with Gasteiger partial charge in [-0.2, -0.15) is 0 Å². The monoisotopic (exact) mass is 345 g/mol. The lowest BCUT2D eigenvalue weighted by atomic mass is 10.0. The molecule has 2 atom stereocenters. The Morgan fingerprint density at radius 3 is 2.42 bits per heavy atom. The molecule has 1 saturated carbocycles. The summed E-state index contributed by atoms with van der Waals surface area (Å²) in [6, 6.07) is 0.120. The molecule has 24 heavy (non-hydrogen) atoms. The van der Waals surface area contributed by atoms with E-state index in [9.17, 15) is 13.6 Å². The summed E-state index contributed by atoms with van der Waals surface area (Å²) in [5.74, 6) is -3.16. The number of nitrogens with zero attached hydrogens (tertiary/aromatic N) is 2. The molecule has 138 valence electrons. The minimum Gasteiger partial charge on any atom is -0.375 e. The van der Waals surface area contributed by atoms with Crippen LogP contribution in [0.1, 0.15) is 51.4 Å². The van der Waals surface area contributed by atoms with Crippen molar-refractivity contribution in [1.29, 1.82) is 0 Å². The van der Waals surface area contributed by atoms with Crippen LogP contribution in [0, 0.1) is 0 Å². The Labute approximate surface area is 142 Å². The molecule has 1 unspecified atom stereocenters. The van der Waals surface area contributed by atoms with E-state index in [4.69, 9.17) is 4.74 Å². The molecule has 1 N–H and O–H groups in total. The van der Waals surface area contributed by atoms with E-state index in [2.05, 4.69) is 10.4 Å². The number of hydrogen-bond acceptors (Lipinski definition) is 4. The molecule has 7 heteroatoms. The Bertz CT molecular complexity index is 442. The lowest BCUT2D eigenvalue weighted by molar-refractivity contribution is -0.173. The van der Waals surface area contributed by atoms with Crippen LogP contribution >= 0.6 is 0 Å². The van der Waals surface area contributed by atoms with Gasteiger partial charge in [0.2, 0.25) is 5.91 Å². The zero-order chi connectivity index (χ0) is 17.2. The third kappa shape index (κ3) is 3.89. The molecular weight excluding hydrogens is 316 g/mol. The molecule has 2 heterocycles. The average molecular weight is 345 g/mol. The van der Waals surface area contributed by atoms with Crippen molar-refractivity contribution in [2.24, 2.45) is 0 Å². The van der Waals surface area contributed by atoms with Gasteiger partial charge in [-0.15, -0.1) is 0 Å². The van der Waals surface area contributed by atoms with E-state index in [-0.39, 0.29) is 18.4 Å². The van der Waals surface area contributed by atoms with Gasteiger partial charge in [-0.05, 0) is 25.7 Å². The number of nitrogens with one attached hydrogen (secondary N) is 1. The minimum atomic E-state index is -2.97. The Balaban J connectivity index is 1.54. The Hall–Kier alpha value is -0.790. The molecule has 0 spiro atoms. The van der Waals surface area contributed by atoms with Crippen molar-refractivity contribution in [3.63, 3.8) is 0 Å². The number of carbonyl (C=O) groups excluding carboxylic acids is 1. The smallest absolute Gasteiger partial charge is 0.290 e. The number of alkyl halides is 2. The number of piperidine rings is 1. The van der Waals surface area contributed by atoms with Gasteiger partial charge in [0.25, 0.3) is 5.92 Å². The van der Waals surface area contributed by atoms with E-state index in [1.165, 1.54) is 37.7 Å². The summed E-state index contributed by atoms with van der Waals surface area (Å²) in [4.78, 5) is 14.0. The van der Waals surface area contributed by atoms with Gasteiger partial charge >= 0.3 is 0 Å². The van der Waals surface area contributed by atoms with E-state index < -0.39 is 18.6 Å². The summed E-state index contributed by atoms with van der Waals surface area (Å²) in [7, 11) is 1.30. The van der Waals surface area contributed by atoms with Crippen LogP contribution in [-0.2, 0) is 9.53 Å². The maximum atomic E-state index is 14.0. The SMILES string of the molecule is CO[C@H]1CCN(C(=O)C2CCN(C3CCCCCC3)N2)CC1(F)F. The van der Waals surface area contributed by atoms with E-state index in [1.807, 2.05) is 0 Å². The first-order chi connectivity index (χ1) is 11.5. The van der Waals surface area contributed by atoms with E-state index in [1.54, 1.807) is 0 Å². The number of amides is 1. The van der Waals surface area contributed by atoms with Gasteiger partial charge < -0.3 is 9.64 Å². The topological polar surface area (TPSA) is 44.8 Å². The fraction of sp³-hybridized carbons (Fsp3) is 0.941. The molecule has 2 aliphatic heterocycles. The number of ether oxygens (including phenoxy) is 1. The lowest BCUT2D eigenvalue weighted by Crippen LogP contribution is -2.57. The predicted octanol–water partition coefficient (Wildman–Crippen LogP) is 2.17. The molecule has 0 aromatic heterocycles. The fourth-order valence-electron chi connectivity index (χ4n) is 4.25. The first-order valence-electron chi connectivity index (χ1n) is 9.23. The van der Waals surface area contributed by atoms with Gasteiger partial charge in [0.15, 0.2) is 0 Å². The van der Waals surface area contributed by atoms with Gasteiger partial charge in [-0.1, -0.05) is 25.7 Å². The predicted molar refractivity (Wildman–Crippen MR) is 86.7 cm³/mol. The largest absolute Gasteiger partial charge is 0.375 e. The summed E-state index contributed by atoms with van der Waals surface area (Å²) >= 11 is 0. The van der Waals surface area contributed by atoms with Crippen molar-refractivity contribution in [3.8, 4) is 0 Å². The van der Waals surface area contributed by atoms with E-state index in [0.717, 1.165) is 19.4 Å². The van der Waals surface area contributed by atoms with Crippen molar-refractivity contribution in [3.05, 3.63) is 0 Å². The van der Waals surface area contributed by atoms with Gasteiger partial charge in [0.05, 0.1) is 6.54 Å². The first-order valence-corrected chi connectivity index (χ1v) is 9.23. The highest BCUT2D eigenvalue weighted by atomic mass is 19.3. The summed E-state index contributed by atoms with van der Waals surface area (Å²) < 4.78 is 32.9. The van der Waals surface area contributed by atoms with Crippen LogP contribution in [0.25, 0.3) is 0 Å². The van der Waals surface area contributed by atoms with Crippen molar-refractivity contribution >= 4 is 5.91 Å². The molecule has 5 nitrogen and oxygen atoms in total. The molecule has 3 rings (SSSR count). The van der Waals surface area contributed by atoms with E-state index >= 15 is 0 Å². The summed E-state index contributed by atoms with van der Waals surface area (Å²) in [5.41, 5.74) is 3.30. The molecule has 0 bridgehead atoms. The Kier molecular flexibility index (Phi) is 5.72. The highest BCUT2D eigenvalue weighted by Gasteiger charge is 2.47. The second-order valence-corrected chi connectivity index (χ2v) is 7.34. The molecule has 3 fully saturated rings. The number of methoxy groups -OCH3 is 1. The van der Waals surface area contributed by atoms with E-state index in [0.29, 0.717) is 19.0 Å². The normalized spacial score (nSPS) is 32.7. The summed E-state index contributed by atoms with van der Waals surface area (Å²) in [6.45, 7) is 0.631. The van der Waals surface area contributed by atoms with Crippen LogP contribution in [0.3, 0.4) is 0 Å². The van der Waals surface area contributed by atoms with Crippen LogP contribution in [0.2, 0.25) is 0 Å². The zero-order valence-electron chi connectivity index (χ0n) is 14.5.